The van der Waals surface area contributed by atoms with Crippen molar-refractivity contribution in [1.29, 1.82) is 0 Å². The number of morpholine rings is 1. The van der Waals surface area contributed by atoms with Crippen molar-refractivity contribution in [1.82, 2.24) is 5.32 Å². The quantitative estimate of drug-likeness (QED) is 0.828. The number of benzene rings is 2. The van der Waals surface area contributed by atoms with Crippen molar-refractivity contribution >= 4 is 11.6 Å². The number of aliphatic hydroxyl groups excluding tert-OH is 1. The Labute approximate surface area is 153 Å². The summed E-state index contributed by atoms with van der Waals surface area (Å²) >= 11 is 0. The lowest BCUT2D eigenvalue weighted by molar-refractivity contribution is 0.0916. The van der Waals surface area contributed by atoms with Gasteiger partial charge in [-0.2, -0.15) is 0 Å². The van der Waals surface area contributed by atoms with Crippen LogP contribution < -0.4 is 15.0 Å². The number of methoxy groups -OCH3 is 1. The molecule has 0 aromatic heterocycles. The van der Waals surface area contributed by atoms with Gasteiger partial charge in [0, 0.05) is 30.9 Å². The van der Waals surface area contributed by atoms with Gasteiger partial charge in [0.1, 0.15) is 5.75 Å². The third-order valence-corrected chi connectivity index (χ3v) is 4.44. The molecule has 1 heterocycles. The van der Waals surface area contributed by atoms with Crippen LogP contribution in [0.25, 0.3) is 0 Å². The molecule has 1 atom stereocenters. The van der Waals surface area contributed by atoms with Crippen molar-refractivity contribution < 1.29 is 19.4 Å². The van der Waals surface area contributed by atoms with Crippen LogP contribution in [0.3, 0.4) is 0 Å². The van der Waals surface area contributed by atoms with Gasteiger partial charge < -0.3 is 24.8 Å². The summed E-state index contributed by atoms with van der Waals surface area (Å²) in [5.74, 6) is 0.379. The zero-order chi connectivity index (χ0) is 18.4. The SMILES string of the molecule is COc1cccc(C(=O)NCC(O)c2ccc(N3CCOCC3)cc2)c1. The molecule has 3 rings (SSSR count). The second-order valence-corrected chi connectivity index (χ2v) is 6.15. The van der Waals surface area contributed by atoms with Crippen LogP contribution in [0.1, 0.15) is 22.0 Å². The number of nitrogens with zero attached hydrogens (tertiary/aromatic N) is 1. The molecule has 1 unspecified atom stereocenters. The topological polar surface area (TPSA) is 71.0 Å². The van der Waals surface area contributed by atoms with Crippen molar-refractivity contribution in [3.05, 3.63) is 59.7 Å². The smallest absolute Gasteiger partial charge is 0.251 e. The van der Waals surface area contributed by atoms with Crippen molar-refractivity contribution in [2.24, 2.45) is 0 Å². The summed E-state index contributed by atoms with van der Waals surface area (Å²) in [5.41, 5.74) is 2.39. The Balaban J connectivity index is 1.55. The first-order valence-electron chi connectivity index (χ1n) is 8.70. The van der Waals surface area contributed by atoms with Crippen LogP contribution in [0.5, 0.6) is 5.75 Å². The van der Waals surface area contributed by atoms with Gasteiger partial charge in [0.05, 0.1) is 26.4 Å². The van der Waals surface area contributed by atoms with Gasteiger partial charge in [0.25, 0.3) is 5.91 Å². The third kappa shape index (κ3) is 4.53. The zero-order valence-electron chi connectivity index (χ0n) is 14.9. The van der Waals surface area contributed by atoms with Gasteiger partial charge in [0.2, 0.25) is 0 Å². The summed E-state index contributed by atoms with van der Waals surface area (Å²) in [6, 6.07) is 14.7. The minimum Gasteiger partial charge on any atom is -0.497 e. The lowest BCUT2D eigenvalue weighted by Gasteiger charge is -2.29. The molecule has 2 N–H and O–H groups in total. The van der Waals surface area contributed by atoms with Gasteiger partial charge in [-0.25, -0.2) is 0 Å². The number of hydrogen-bond donors (Lipinski definition) is 2. The first kappa shape index (κ1) is 18.2. The number of rotatable bonds is 6. The van der Waals surface area contributed by atoms with Gasteiger partial charge >= 0.3 is 0 Å². The molecule has 0 radical (unpaired) electrons. The highest BCUT2D eigenvalue weighted by molar-refractivity contribution is 5.94. The van der Waals surface area contributed by atoms with Crippen molar-refractivity contribution in [2.75, 3.05) is 44.9 Å². The zero-order valence-corrected chi connectivity index (χ0v) is 14.9. The first-order chi connectivity index (χ1) is 12.7. The van der Waals surface area contributed by atoms with Gasteiger partial charge in [-0.1, -0.05) is 18.2 Å². The van der Waals surface area contributed by atoms with E-state index in [4.69, 9.17) is 9.47 Å². The Bertz CT molecular complexity index is 727. The summed E-state index contributed by atoms with van der Waals surface area (Å²) < 4.78 is 10.5. The van der Waals surface area contributed by atoms with E-state index < -0.39 is 6.10 Å². The Hall–Kier alpha value is -2.57. The minimum absolute atomic E-state index is 0.146. The molecule has 0 bridgehead atoms. The number of anilines is 1. The Morgan fingerprint density at radius 1 is 1.23 bits per heavy atom. The van der Waals surface area contributed by atoms with E-state index in [2.05, 4.69) is 10.2 Å². The van der Waals surface area contributed by atoms with Crippen LogP contribution in [0.15, 0.2) is 48.5 Å². The maximum absolute atomic E-state index is 12.2. The van der Waals surface area contributed by atoms with Crippen LogP contribution in [-0.2, 0) is 4.74 Å². The number of ether oxygens (including phenoxy) is 2. The average Bonchev–Trinajstić information content (AvgIpc) is 2.72. The molecule has 0 spiro atoms. The maximum atomic E-state index is 12.2. The lowest BCUT2D eigenvalue weighted by atomic mass is 10.1. The molecule has 2 aromatic rings. The fourth-order valence-electron chi connectivity index (χ4n) is 2.90. The fourth-order valence-corrected chi connectivity index (χ4v) is 2.90. The standard InChI is InChI=1S/C20H24N2O4/c1-25-18-4-2-3-16(13-18)20(24)21-14-19(23)15-5-7-17(8-6-15)22-9-11-26-12-10-22/h2-8,13,19,23H,9-12,14H2,1H3,(H,21,24). The number of amides is 1. The number of carbonyl (C=O) groups excluding carboxylic acids is 1. The molecule has 1 aliphatic rings. The monoisotopic (exact) mass is 356 g/mol. The largest absolute Gasteiger partial charge is 0.497 e. The number of carbonyl (C=O) groups is 1. The number of nitrogens with one attached hydrogen (secondary N) is 1. The van der Waals surface area contributed by atoms with Gasteiger partial charge in [-0.15, -0.1) is 0 Å². The number of aliphatic hydroxyl groups is 1. The highest BCUT2D eigenvalue weighted by atomic mass is 16.5. The molecule has 1 amide bonds. The van der Waals surface area contributed by atoms with Crippen molar-refractivity contribution in [2.45, 2.75) is 6.10 Å². The van der Waals surface area contributed by atoms with E-state index in [9.17, 15) is 9.90 Å². The number of hydrogen-bond acceptors (Lipinski definition) is 5. The molecule has 6 nitrogen and oxygen atoms in total. The summed E-state index contributed by atoms with van der Waals surface area (Å²) in [7, 11) is 1.56. The molecule has 138 valence electrons. The molecule has 1 aliphatic heterocycles. The third-order valence-electron chi connectivity index (χ3n) is 4.44. The van der Waals surface area contributed by atoms with Gasteiger partial charge in [-0.3, -0.25) is 4.79 Å². The molecular weight excluding hydrogens is 332 g/mol. The van der Waals surface area contributed by atoms with E-state index in [1.807, 2.05) is 24.3 Å². The van der Waals surface area contributed by atoms with E-state index in [-0.39, 0.29) is 12.5 Å². The molecule has 2 aromatic carbocycles. The summed E-state index contributed by atoms with van der Waals surface area (Å²) in [4.78, 5) is 14.5. The highest BCUT2D eigenvalue weighted by Gasteiger charge is 2.14. The summed E-state index contributed by atoms with van der Waals surface area (Å²) in [6.45, 7) is 3.37. The second kappa shape index (κ2) is 8.69. The molecule has 0 saturated carbocycles. The van der Waals surface area contributed by atoms with E-state index in [0.717, 1.165) is 37.6 Å². The van der Waals surface area contributed by atoms with Crippen LogP contribution in [0.2, 0.25) is 0 Å². The fraction of sp³-hybridized carbons (Fsp3) is 0.350. The van der Waals surface area contributed by atoms with Crippen molar-refractivity contribution in [3.63, 3.8) is 0 Å². The summed E-state index contributed by atoms with van der Waals surface area (Å²) in [6.07, 6.45) is -0.761. The van der Waals surface area contributed by atoms with Gasteiger partial charge in [0.15, 0.2) is 0 Å². The highest BCUT2D eigenvalue weighted by Crippen LogP contribution is 2.20. The van der Waals surface area contributed by atoms with Crippen LogP contribution in [-0.4, -0.2) is 51.0 Å². The molecule has 6 heteroatoms. The lowest BCUT2D eigenvalue weighted by Crippen LogP contribution is -2.36. The Morgan fingerprint density at radius 3 is 2.65 bits per heavy atom. The van der Waals surface area contributed by atoms with E-state index in [0.29, 0.717) is 11.3 Å². The predicted molar refractivity (Wildman–Crippen MR) is 99.8 cm³/mol. The minimum atomic E-state index is -0.761. The molecule has 1 saturated heterocycles. The van der Waals surface area contributed by atoms with Gasteiger partial charge in [-0.05, 0) is 35.9 Å². The predicted octanol–water partition coefficient (Wildman–Crippen LogP) is 2.00. The normalized spacial score (nSPS) is 15.4. The first-order valence-corrected chi connectivity index (χ1v) is 8.70. The summed E-state index contributed by atoms with van der Waals surface area (Å²) in [5, 5.41) is 13.1. The van der Waals surface area contributed by atoms with Crippen LogP contribution >= 0.6 is 0 Å². The molecule has 0 aliphatic carbocycles. The van der Waals surface area contributed by atoms with E-state index >= 15 is 0 Å². The molecule has 26 heavy (non-hydrogen) atoms. The Kier molecular flexibility index (Phi) is 6.09. The van der Waals surface area contributed by atoms with Crippen LogP contribution in [0.4, 0.5) is 5.69 Å². The van der Waals surface area contributed by atoms with Crippen molar-refractivity contribution in [3.8, 4) is 5.75 Å². The van der Waals surface area contributed by atoms with E-state index in [1.165, 1.54) is 0 Å². The second-order valence-electron chi connectivity index (χ2n) is 6.15. The van der Waals surface area contributed by atoms with Crippen LogP contribution in [0, 0.1) is 0 Å². The average molecular weight is 356 g/mol. The Morgan fingerprint density at radius 2 is 1.96 bits per heavy atom. The molecular formula is C20H24N2O4. The van der Waals surface area contributed by atoms with E-state index in [1.54, 1.807) is 31.4 Å². The molecule has 1 fully saturated rings. The maximum Gasteiger partial charge on any atom is 0.251 e.